The van der Waals surface area contributed by atoms with Gasteiger partial charge >= 0.3 is 0 Å². The first-order valence-electron chi connectivity index (χ1n) is 5.61. The van der Waals surface area contributed by atoms with Crippen LogP contribution in [0.2, 0.25) is 0 Å². The third-order valence-electron chi connectivity index (χ3n) is 2.62. The molecule has 2 aromatic rings. The number of hydrogen-bond acceptors (Lipinski definition) is 3. The molecule has 0 fully saturated rings. The highest BCUT2D eigenvalue weighted by atomic mass is 79.9. The molecule has 0 radical (unpaired) electrons. The van der Waals surface area contributed by atoms with Gasteiger partial charge in [-0.15, -0.1) is 0 Å². The number of benzene rings is 2. The average molecular weight is 384 g/mol. The van der Waals surface area contributed by atoms with E-state index in [1.165, 1.54) is 0 Å². The third kappa shape index (κ3) is 3.36. The Balaban J connectivity index is 2.20. The number of phenols is 1. The quantitative estimate of drug-likeness (QED) is 0.597. The van der Waals surface area contributed by atoms with E-state index in [1.54, 1.807) is 6.21 Å². The summed E-state index contributed by atoms with van der Waals surface area (Å²) < 4.78 is 1.58. The highest BCUT2D eigenvalue weighted by Gasteiger charge is 2.10. The lowest BCUT2D eigenvalue weighted by atomic mass is 10.1. The van der Waals surface area contributed by atoms with Gasteiger partial charge in [0.15, 0.2) is 0 Å². The van der Waals surface area contributed by atoms with Crippen molar-refractivity contribution in [3.8, 4) is 5.75 Å². The number of nitrogens with zero attached hydrogens (tertiary/aromatic N) is 1. The van der Waals surface area contributed by atoms with E-state index >= 15 is 0 Å². The molecule has 0 atom stereocenters. The minimum Gasteiger partial charge on any atom is -0.506 e. The number of hydrogen-bond donors (Lipinski definition) is 2. The van der Waals surface area contributed by atoms with Gasteiger partial charge in [-0.3, -0.25) is 5.43 Å². The predicted octanol–water partition coefficient (Wildman–Crippen LogP) is 4.67. The fraction of sp³-hybridized carbons (Fsp3) is 0.0714. The van der Waals surface area contributed by atoms with E-state index in [1.807, 2.05) is 43.3 Å². The molecule has 0 aliphatic heterocycles. The first kappa shape index (κ1) is 14.1. The topological polar surface area (TPSA) is 44.6 Å². The highest BCUT2D eigenvalue weighted by molar-refractivity contribution is 9.11. The first-order valence-corrected chi connectivity index (χ1v) is 7.20. The fourth-order valence-electron chi connectivity index (χ4n) is 1.51. The van der Waals surface area contributed by atoms with Crippen molar-refractivity contribution in [3.05, 3.63) is 56.5 Å². The van der Waals surface area contributed by atoms with Crippen LogP contribution in [0.5, 0.6) is 5.75 Å². The molecule has 0 bridgehead atoms. The number of halogens is 2. The lowest BCUT2D eigenvalue weighted by Crippen LogP contribution is -1.92. The monoisotopic (exact) mass is 382 g/mol. The van der Waals surface area contributed by atoms with Gasteiger partial charge in [-0.25, -0.2) is 0 Å². The van der Waals surface area contributed by atoms with E-state index < -0.39 is 0 Å². The van der Waals surface area contributed by atoms with Crippen molar-refractivity contribution < 1.29 is 5.11 Å². The van der Waals surface area contributed by atoms with Gasteiger partial charge in [-0.2, -0.15) is 5.10 Å². The number of hydrazone groups is 1. The lowest BCUT2D eigenvalue weighted by Gasteiger charge is -2.07. The van der Waals surface area contributed by atoms with Crippen molar-refractivity contribution in [2.75, 3.05) is 5.43 Å². The van der Waals surface area contributed by atoms with Gasteiger partial charge in [-0.1, -0.05) is 34.1 Å². The van der Waals surface area contributed by atoms with Gasteiger partial charge in [0.2, 0.25) is 0 Å². The summed E-state index contributed by atoms with van der Waals surface area (Å²) in [5.41, 5.74) is 5.38. The van der Waals surface area contributed by atoms with Crippen LogP contribution in [-0.4, -0.2) is 11.3 Å². The van der Waals surface area contributed by atoms with E-state index in [9.17, 15) is 5.11 Å². The summed E-state index contributed by atoms with van der Waals surface area (Å²) >= 11 is 6.80. The molecule has 0 aromatic heterocycles. The van der Waals surface area contributed by atoms with Crippen molar-refractivity contribution in [3.63, 3.8) is 0 Å². The van der Waals surface area contributed by atoms with Crippen LogP contribution in [0.3, 0.4) is 0 Å². The Morgan fingerprint density at radius 3 is 2.58 bits per heavy atom. The second-order valence-electron chi connectivity index (χ2n) is 3.97. The number of rotatable bonds is 3. The number of phenolic OH excluding ortho intramolecular Hbond substituents is 1. The van der Waals surface area contributed by atoms with Crippen LogP contribution in [0.1, 0.15) is 11.1 Å². The van der Waals surface area contributed by atoms with Gasteiger partial charge < -0.3 is 5.11 Å². The molecule has 0 unspecified atom stereocenters. The maximum atomic E-state index is 10.0. The average Bonchev–Trinajstić information content (AvgIpc) is 2.43. The Labute approximate surface area is 128 Å². The molecule has 0 aliphatic carbocycles. The normalized spacial score (nSPS) is 10.9. The van der Waals surface area contributed by atoms with Crippen LogP contribution in [0, 0.1) is 6.92 Å². The van der Waals surface area contributed by atoms with Crippen molar-refractivity contribution in [2.24, 2.45) is 5.10 Å². The largest absolute Gasteiger partial charge is 0.506 e. The van der Waals surface area contributed by atoms with Crippen molar-refractivity contribution >= 4 is 43.8 Å². The Morgan fingerprint density at radius 2 is 1.89 bits per heavy atom. The highest BCUT2D eigenvalue weighted by Crippen LogP contribution is 2.35. The van der Waals surface area contributed by atoms with Crippen LogP contribution in [-0.2, 0) is 0 Å². The molecule has 2 N–H and O–H groups in total. The number of aromatic hydroxyl groups is 1. The molecule has 5 heteroatoms. The standard InChI is InChI=1S/C14H12Br2N2O/c1-9-12(15)7-10(14(19)13(9)16)8-17-18-11-5-3-2-4-6-11/h2-8,18-19H,1H3. The molecule has 98 valence electrons. The summed E-state index contributed by atoms with van der Waals surface area (Å²) in [6.07, 6.45) is 1.58. The van der Waals surface area contributed by atoms with Gasteiger partial charge in [0.05, 0.1) is 16.4 Å². The molecular formula is C14H12Br2N2O. The summed E-state index contributed by atoms with van der Waals surface area (Å²) in [7, 11) is 0. The van der Waals surface area contributed by atoms with E-state index in [4.69, 9.17) is 0 Å². The molecule has 3 nitrogen and oxygen atoms in total. The Hall–Kier alpha value is -1.33. The second-order valence-corrected chi connectivity index (χ2v) is 5.62. The summed E-state index contributed by atoms with van der Waals surface area (Å²) in [6.45, 7) is 1.91. The maximum absolute atomic E-state index is 10.0. The smallest absolute Gasteiger partial charge is 0.138 e. The molecule has 2 rings (SSSR count). The molecule has 0 spiro atoms. The van der Waals surface area contributed by atoms with Crippen LogP contribution < -0.4 is 5.43 Å². The minimum absolute atomic E-state index is 0.180. The van der Waals surface area contributed by atoms with Crippen molar-refractivity contribution in [1.82, 2.24) is 0 Å². The van der Waals surface area contributed by atoms with Crippen LogP contribution in [0.25, 0.3) is 0 Å². The zero-order valence-corrected chi connectivity index (χ0v) is 13.4. The maximum Gasteiger partial charge on any atom is 0.138 e. The van der Waals surface area contributed by atoms with Gasteiger partial charge in [0.25, 0.3) is 0 Å². The number of para-hydroxylation sites is 1. The van der Waals surface area contributed by atoms with Gasteiger partial charge in [0.1, 0.15) is 5.75 Å². The van der Waals surface area contributed by atoms with Crippen molar-refractivity contribution in [2.45, 2.75) is 6.92 Å². The molecule has 0 heterocycles. The fourth-order valence-corrected chi connectivity index (χ4v) is 2.66. The van der Waals surface area contributed by atoms with Crippen LogP contribution in [0.15, 0.2) is 50.4 Å². The molecule has 2 aromatic carbocycles. The lowest BCUT2D eigenvalue weighted by molar-refractivity contribution is 0.470. The zero-order chi connectivity index (χ0) is 13.8. The Kier molecular flexibility index (Phi) is 4.61. The predicted molar refractivity (Wildman–Crippen MR) is 85.9 cm³/mol. The number of anilines is 1. The molecule has 19 heavy (non-hydrogen) atoms. The zero-order valence-electron chi connectivity index (χ0n) is 10.2. The molecule has 0 saturated carbocycles. The Morgan fingerprint density at radius 1 is 1.21 bits per heavy atom. The van der Waals surface area contributed by atoms with Crippen molar-refractivity contribution in [1.29, 1.82) is 0 Å². The molecule has 0 amide bonds. The van der Waals surface area contributed by atoms with Crippen LogP contribution in [0.4, 0.5) is 5.69 Å². The SMILES string of the molecule is Cc1c(Br)cc(C=NNc2ccccc2)c(O)c1Br. The Bertz CT molecular complexity index is 613. The van der Waals surface area contributed by atoms with E-state index in [0.717, 1.165) is 15.7 Å². The molecular weight excluding hydrogens is 372 g/mol. The summed E-state index contributed by atoms with van der Waals surface area (Å²) in [5, 5.41) is 14.1. The molecule has 0 aliphatic rings. The van der Waals surface area contributed by atoms with Gasteiger partial charge in [-0.05, 0) is 46.6 Å². The minimum atomic E-state index is 0.180. The third-order valence-corrected chi connectivity index (χ3v) is 4.42. The molecule has 0 saturated heterocycles. The van der Waals surface area contributed by atoms with E-state index in [-0.39, 0.29) is 5.75 Å². The van der Waals surface area contributed by atoms with E-state index in [2.05, 4.69) is 42.4 Å². The number of nitrogens with one attached hydrogen (secondary N) is 1. The summed E-state index contributed by atoms with van der Waals surface area (Å²) in [6, 6.07) is 11.4. The summed E-state index contributed by atoms with van der Waals surface area (Å²) in [5.74, 6) is 0.180. The van der Waals surface area contributed by atoms with Gasteiger partial charge in [0, 0.05) is 10.0 Å². The van der Waals surface area contributed by atoms with E-state index in [0.29, 0.717) is 10.0 Å². The first-order chi connectivity index (χ1) is 9.09. The van der Waals surface area contributed by atoms with Crippen LogP contribution >= 0.6 is 31.9 Å². The second kappa shape index (κ2) is 6.21. The summed E-state index contributed by atoms with van der Waals surface area (Å²) in [4.78, 5) is 0.